The van der Waals surface area contributed by atoms with Crippen LogP contribution in [0.3, 0.4) is 0 Å². The summed E-state index contributed by atoms with van der Waals surface area (Å²) in [5.74, 6) is 0. The summed E-state index contributed by atoms with van der Waals surface area (Å²) in [7, 11) is -1.58. The molecule has 7 heteroatoms. The highest BCUT2D eigenvalue weighted by atomic mass is 32.2. The number of fused-ring (bicyclic) bond motifs is 1. The molecule has 0 fully saturated rings. The van der Waals surface area contributed by atoms with Gasteiger partial charge in [-0.25, -0.2) is 13.1 Å². The fourth-order valence-corrected chi connectivity index (χ4v) is 3.22. The van der Waals surface area contributed by atoms with Gasteiger partial charge in [-0.3, -0.25) is 0 Å². The molecule has 0 amide bonds. The van der Waals surface area contributed by atoms with Gasteiger partial charge in [0.1, 0.15) is 4.90 Å². The third-order valence-electron chi connectivity index (χ3n) is 3.60. The van der Waals surface area contributed by atoms with E-state index in [1.165, 1.54) is 6.20 Å². The Morgan fingerprint density at radius 3 is 2.76 bits per heavy atom. The molecule has 2 aromatic rings. The van der Waals surface area contributed by atoms with Gasteiger partial charge in [0.2, 0.25) is 10.0 Å². The Kier molecular flexibility index (Phi) is 4.55. The van der Waals surface area contributed by atoms with E-state index in [4.69, 9.17) is 5.73 Å². The molecule has 1 aromatic heterocycles. The minimum Gasteiger partial charge on any atom is -0.399 e. The van der Waals surface area contributed by atoms with E-state index >= 15 is 0 Å². The van der Waals surface area contributed by atoms with E-state index in [1.807, 2.05) is 7.05 Å². The molecule has 0 aliphatic heterocycles. The van der Waals surface area contributed by atoms with Crippen molar-refractivity contribution in [2.45, 2.75) is 24.8 Å². The minimum atomic E-state index is -3.55. The Hall–Kier alpha value is -1.57. The van der Waals surface area contributed by atoms with Crippen LogP contribution in [0, 0.1) is 0 Å². The van der Waals surface area contributed by atoms with Gasteiger partial charge < -0.3 is 15.6 Å². The number of benzene rings is 1. The van der Waals surface area contributed by atoms with Crippen LogP contribution >= 0.6 is 0 Å². The summed E-state index contributed by atoms with van der Waals surface area (Å²) < 4.78 is 27.4. The number of nitrogens with zero attached hydrogens (tertiary/aromatic N) is 1. The average Bonchev–Trinajstić information content (AvgIpc) is 2.81. The first-order chi connectivity index (χ1) is 9.81. The predicted octanol–water partition coefficient (Wildman–Crippen LogP) is 1.37. The summed E-state index contributed by atoms with van der Waals surface area (Å²) in [6, 6.07) is 5.55. The van der Waals surface area contributed by atoms with E-state index in [1.54, 1.807) is 18.2 Å². The summed E-state index contributed by atoms with van der Waals surface area (Å²) >= 11 is 0. The summed E-state index contributed by atoms with van der Waals surface area (Å²) in [4.78, 5) is 5.27. The molecule has 1 aromatic carbocycles. The van der Waals surface area contributed by atoms with Gasteiger partial charge in [-0.05, 0) is 39.1 Å². The molecule has 0 spiro atoms. The number of H-pyrrole nitrogens is 1. The number of hydrogen-bond donors (Lipinski definition) is 3. The highest BCUT2D eigenvalue weighted by Gasteiger charge is 2.19. The van der Waals surface area contributed by atoms with E-state index in [0.717, 1.165) is 5.52 Å². The molecule has 116 valence electrons. The van der Waals surface area contributed by atoms with Crippen molar-refractivity contribution in [1.29, 1.82) is 0 Å². The van der Waals surface area contributed by atoms with Gasteiger partial charge in [0.15, 0.2) is 0 Å². The van der Waals surface area contributed by atoms with Crippen LogP contribution in [0.2, 0.25) is 0 Å². The molecule has 0 unspecified atom stereocenters. The molecule has 0 aliphatic carbocycles. The summed E-state index contributed by atoms with van der Waals surface area (Å²) in [5.41, 5.74) is 7.03. The van der Waals surface area contributed by atoms with Crippen LogP contribution in [-0.4, -0.2) is 44.5 Å². The molecule has 0 radical (unpaired) electrons. The summed E-state index contributed by atoms with van der Waals surface area (Å²) in [6.45, 7) is 5.15. The van der Waals surface area contributed by atoms with Gasteiger partial charge in [-0.15, -0.1) is 0 Å². The molecule has 21 heavy (non-hydrogen) atoms. The van der Waals surface area contributed by atoms with Crippen molar-refractivity contribution in [3.05, 3.63) is 24.4 Å². The standard InChI is InChI=1S/C14H22N4O2S/c1-10(2)18(3)7-6-17-21(19,20)14-9-16-13-5-4-11(15)8-12(13)14/h4-5,8-10,16-17H,6-7,15H2,1-3H3. The van der Waals surface area contributed by atoms with Gasteiger partial charge in [0.05, 0.1) is 0 Å². The number of rotatable bonds is 6. The molecule has 2 rings (SSSR count). The van der Waals surface area contributed by atoms with Crippen molar-refractivity contribution in [1.82, 2.24) is 14.6 Å². The molecule has 6 nitrogen and oxygen atoms in total. The number of nitrogens with one attached hydrogen (secondary N) is 2. The normalized spacial score (nSPS) is 12.6. The highest BCUT2D eigenvalue weighted by molar-refractivity contribution is 7.89. The second-order valence-electron chi connectivity index (χ2n) is 5.43. The topological polar surface area (TPSA) is 91.2 Å². The Morgan fingerprint density at radius 1 is 1.38 bits per heavy atom. The third kappa shape index (κ3) is 3.55. The molecule has 0 bridgehead atoms. The minimum absolute atomic E-state index is 0.233. The van der Waals surface area contributed by atoms with Gasteiger partial charge >= 0.3 is 0 Å². The second kappa shape index (κ2) is 6.05. The molecule has 0 atom stereocenters. The summed E-state index contributed by atoms with van der Waals surface area (Å²) in [5, 5.41) is 0.611. The number of nitrogens with two attached hydrogens (primary N) is 1. The van der Waals surface area contributed by atoms with Crippen molar-refractivity contribution in [3.63, 3.8) is 0 Å². The highest BCUT2D eigenvalue weighted by Crippen LogP contribution is 2.24. The van der Waals surface area contributed by atoms with Crippen molar-refractivity contribution < 1.29 is 8.42 Å². The maximum Gasteiger partial charge on any atom is 0.242 e. The molecule has 0 aliphatic rings. The number of sulfonamides is 1. The van der Waals surface area contributed by atoms with E-state index in [2.05, 4.69) is 28.5 Å². The van der Waals surface area contributed by atoms with Crippen LogP contribution in [0.4, 0.5) is 5.69 Å². The van der Waals surface area contributed by atoms with Crippen molar-refractivity contribution >= 4 is 26.6 Å². The van der Waals surface area contributed by atoms with Crippen LogP contribution in [0.25, 0.3) is 10.9 Å². The molecular weight excluding hydrogens is 288 g/mol. The van der Waals surface area contributed by atoms with E-state index in [9.17, 15) is 8.42 Å². The molecule has 0 saturated heterocycles. The fourth-order valence-electron chi connectivity index (χ4n) is 2.03. The number of likely N-dealkylation sites (N-methyl/N-ethyl adjacent to an activating group) is 1. The fraction of sp³-hybridized carbons (Fsp3) is 0.429. The van der Waals surface area contributed by atoms with Crippen LogP contribution < -0.4 is 10.5 Å². The first kappa shape index (κ1) is 15.8. The number of hydrogen-bond acceptors (Lipinski definition) is 4. The lowest BCUT2D eigenvalue weighted by Crippen LogP contribution is -2.36. The molecular formula is C14H22N4O2S. The van der Waals surface area contributed by atoms with Crippen molar-refractivity contribution in [3.8, 4) is 0 Å². The Bertz CT molecular complexity index is 722. The smallest absolute Gasteiger partial charge is 0.242 e. The van der Waals surface area contributed by atoms with E-state index in [-0.39, 0.29) is 4.90 Å². The monoisotopic (exact) mass is 310 g/mol. The Labute approximate surface area is 125 Å². The lowest BCUT2D eigenvalue weighted by Gasteiger charge is -2.20. The van der Waals surface area contributed by atoms with E-state index < -0.39 is 10.0 Å². The lowest BCUT2D eigenvalue weighted by molar-refractivity contribution is 0.278. The zero-order chi connectivity index (χ0) is 15.6. The Balaban J connectivity index is 2.16. The number of aromatic nitrogens is 1. The molecule has 1 heterocycles. The quantitative estimate of drug-likeness (QED) is 0.703. The third-order valence-corrected chi connectivity index (χ3v) is 5.10. The van der Waals surface area contributed by atoms with Gasteiger partial charge in [0, 0.05) is 41.9 Å². The number of aromatic amines is 1. The molecule has 4 N–H and O–H groups in total. The predicted molar refractivity (Wildman–Crippen MR) is 85.7 cm³/mol. The van der Waals surface area contributed by atoms with Gasteiger partial charge in [-0.1, -0.05) is 0 Å². The zero-order valence-electron chi connectivity index (χ0n) is 12.6. The zero-order valence-corrected chi connectivity index (χ0v) is 13.4. The average molecular weight is 310 g/mol. The number of anilines is 1. The lowest BCUT2D eigenvalue weighted by atomic mass is 10.2. The second-order valence-corrected chi connectivity index (χ2v) is 7.17. The van der Waals surface area contributed by atoms with Crippen LogP contribution in [0.5, 0.6) is 0 Å². The molecule has 0 saturated carbocycles. The van der Waals surface area contributed by atoms with Gasteiger partial charge in [0.25, 0.3) is 0 Å². The van der Waals surface area contributed by atoms with Crippen LogP contribution in [-0.2, 0) is 10.0 Å². The van der Waals surface area contributed by atoms with E-state index in [0.29, 0.717) is 30.2 Å². The largest absolute Gasteiger partial charge is 0.399 e. The van der Waals surface area contributed by atoms with Crippen LogP contribution in [0.15, 0.2) is 29.3 Å². The SMILES string of the molecule is CC(C)N(C)CCNS(=O)(=O)c1c[nH]c2ccc(N)cc12. The van der Waals surface area contributed by atoms with Crippen molar-refractivity contribution in [2.24, 2.45) is 0 Å². The maximum atomic E-state index is 12.4. The first-order valence-electron chi connectivity index (χ1n) is 6.88. The Morgan fingerprint density at radius 2 is 2.10 bits per heavy atom. The number of nitrogen functional groups attached to an aromatic ring is 1. The van der Waals surface area contributed by atoms with Crippen molar-refractivity contribution in [2.75, 3.05) is 25.9 Å². The first-order valence-corrected chi connectivity index (χ1v) is 8.36. The van der Waals surface area contributed by atoms with Gasteiger partial charge in [-0.2, -0.15) is 0 Å². The maximum absolute atomic E-state index is 12.4. The van der Waals surface area contributed by atoms with Crippen LogP contribution in [0.1, 0.15) is 13.8 Å². The summed E-state index contributed by atoms with van der Waals surface area (Å²) in [6.07, 6.45) is 1.50.